The Morgan fingerprint density at radius 1 is 1.00 bits per heavy atom. The van der Waals surface area contributed by atoms with E-state index in [0.29, 0.717) is 44.5 Å². The second-order valence-corrected chi connectivity index (χ2v) is 8.73. The normalized spacial score (nSPS) is 19.5. The van der Waals surface area contributed by atoms with Gasteiger partial charge in [-0.15, -0.1) is 0 Å². The Bertz CT molecular complexity index is 987. The number of amides is 3. The Hall–Kier alpha value is -3.19. The van der Waals surface area contributed by atoms with E-state index in [-0.39, 0.29) is 24.3 Å². The molecule has 0 aliphatic carbocycles. The lowest BCUT2D eigenvalue weighted by atomic mass is 9.96. The highest BCUT2D eigenvalue weighted by Crippen LogP contribution is 2.39. The summed E-state index contributed by atoms with van der Waals surface area (Å²) < 4.78 is 6.25. The summed E-state index contributed by atoms with van der Waals surface area (Å²) in [7, 11) is 1.76. The second-order valence-electron chi connectivity index (χ2n) is 8.73. The molecule has 2 aliphatic heterocycles. The third-order valence-electron chi connectivity index (χ3n) is 6.62. The predicted octanol–water partition coefficient (Wildman–Crippen LogP) is 2.91. The summed E-state index contributed by atoms with van der Waals surface area (Å²) in [5, 5.41) is 0. The average molecular weight is 450 g/mol. The molecule has 2 saturated heterocycles. The quantitative estimate of drug-likeness (QED) is 0.704. The van der Waals surface area contributed by atoms with Crippen molar-refractivity contribution in [3.8, 4) is 0 Å². The number of likely N-dealkylation sites (tertiary alicyclic amines) is 1. The molecule has 2 fully saturated rings. The first-order chi connectivity index (χ1) is 15.9. The number of carbonyl (C=O) groups excluding carboxylic acids is 3. The number of hydrogen-bond donors (Lipinski definition) is 0. The van der Waals surface area contributed by atoms with E-state index in [9.17, 15) is 14.4 Å². The minimum absolute atomic E-state index is 0.0963. The molecule has 7 heteroatoms. The lowest BCUT2D eigenvalue weighted by molar-refractivity contribution is -0.145. The fourth-order valence-electron chi connectivity index (χ4n) is 4.79. The molecule has 0 bridgehead atoms. The summed E-state index contributed by atoms with van der Waals surface area (Å²) in [6.07, 6.45) is 1.43. The van der Waals surface area contributed by atoms with Crippen molar-refractivity contribution in [2.24, 2.45) is 0 Å². The number of piperidine rings is 1. The van der Waals surface area contributed by atoms with E-state index in [1.807, 2.05) is 60.4 Å². The first-order valence-electron chi connectivity index (χ1n) is 11.5. The number of hydrogen-bond acceptors (Lipinski definition) is 4. The summed E-state index contributed by atoms with van der Waals surface area (Å²) in [5.74, 6) is -0.263. The lowest BCUT2D eigenvalue weighted by Crippen LogP contribution is -2.59. The second kappa shape index (κ2) is 9.75. The van der Waals surface area contributed by atoms with Crippen molar-refractivity contribution in [3.05, 3.63) is 71.8 Å². The van der Waals surface area contributed by atoms with Gasteiger partial charge in [0.25, 0.3) is 5.91 Å². The van der Waals surface area contributed by atoms with E-state index in [0.717, 1.165) is 5.56 Å². The van der Waals surface area contributed by atoms with Crippen LogP contribution in [-0.2, 0) is 20.9 Å². The minimum atomic E-state index is -0.884. The van der Waals surface area contributed by atoms with Crippen LogP contribution >= 0.6 is 0 Å². The molecule has 2 heterocycles. The molecule has 2 aromatic rings. The average Bonchev–Trinajstić information content (AvgIpc) is 3.22. The summed E-state index contributed by atoms with van der Waals surface area (Å²) in [4.78, 5) is 44.5. The molecule has 4 rings (SSSR count). The Balaban J connectivity index is 1.59. The van der Waals surface area contributed by atoms with Crippen LogP contribution in [0.15, 0.2) is 60.7 Å². The van der Waals surface area contributed by atoms with Gasteiger partial charge in [0.2, 0.25) is 11.8 Å². The highest BCUT2D eigenvalue weighted by Gasteiger charge is 2.54. The van der Waals surface area contributed by atoms with Gasteiger partial charge in [-0.05, 0) is 17.7 Å². The zero-order valence-electron chi connectivity index (χ0n) is 19.3. The lowest BCUT2D eigenvalue weighted by Gasteiger charge is -2.44. The molecule has 174 valence electrons. The molecule has 0 aromatic heterocycles. The van der Waals surface area contributed by atoms with Gasteiger partial charge in [-0.1, -0.05) is 55.5 Å². The Morgan fingerprint density at radius 3 is 2.21 bits per heavy atom. The van der Waals surface area contributed by atoms with E-state index in [2.05, 4.69) is 0 Å². The van der Waals surface area contributed by atoms with Gasteiger partial charge in [0, 0.05) is 51.5 Å². The maximum Gasteiger partial charge on any atom is 0.256 e. The Morgan fingerprint density at radius 2 is 1.61 bits per heavy atom. The van der Waals surface area contributed by atoms with Crippen LogP contribution < -0.4 is 0 Å². The highest BCUT2D eigenvalue weighted by molar-refractivity contribution is 5.98. The van der Waals surface area contributed by atoms with Crippen LogP contribution in [0.5, 0.6) is 0 Å². The zero-order valence-corrected chi connectivity index (χ0v) is 19.3. The SMILES string of the molecule is CCC(=O)N1CCC2(CC1)OCC(C(=O)N(C)Cc1ccccc1)N2C(=O)c1ccccc1. The topological polar surface area (TPSA) is 70.2 Å². The number of likely N-dealkylation sites (N-methyl/N-ethyl adjacent to an activating group) is 1. The number of benzene rings is 2. The predicted molar refractivity (Wildman–Crippen MR) is 124 cm³/mol. The molecule has 1 unspecified atom stereocenters. The van der Waals surface area contributed by atoms with Gasteiger partial charge in [-0.2, -0.15) is 0 Å². The fourth-order valence-corrected chi connectivity index (χ4v) is 4.79. The zero-order chi connectivity index (χ0) is 23.4. The number of nitrogens with zero attached hydrogens (tertiary/aromatic N) is 3. The number of carbonyl (C=O) groups is 3. The maximum absolute atomic E-state index is 13.7. The summed E-state index contributed by atoms with van der Waals surface area (Å²) in [6, 6.07) is 18.1. The molecular weight excluding hydrogens is 418 g/mol. The van der Waals surface area contributed by atoms with E-state index >= 15 is 0 Å². The third-order valence-corrected chi connectivity index (χ3v) is 6.62. The molecule has 33 heavy (non-hydrogen) atoms. The number of rotatable bonds is 5. The molecule has 2 aromatic carbocycles. The summed E-state index contributed by atoms with van der Waals surface area (Å²) in [5.41, 5.74) is 0.665. The van der Waals surface area contributed by atoms with Crippen molar-refractivity contribution >= 4 is 17.7 Å². The molecule has 0 saturated carbocycles. The molecule has 1 atom stereocenters. The van der Waals surface area contributed by atoms with Crippen LogP contribution in [0.4, 0.5) is 0 Å². The van der Waals surface area contributed by atoms with Gasteiger partial charge in [0.05, 0.1) is 6.61 Å². The molecule has 3 amide bonds. The van der Waals surface area contributed by atoms with Crippen molar-refractivity contribution < 1.29 is 19.1 Å². The van der Waals surface area contributed by atoms with Crippen molar-refractivity contribution in [3.63, 3.8) is 0 Å². The molecule has 0 radical (unpaired) electrons. The fraction of sp³-hybridized carbons (Fsp3) is 0.423. The smallest absolute Gasteiger partial charge is 0.256 e. The van der Waals surface area contributed by atoms with E-state index in [1.165, 1.54) is 0 Å². The van der Waals surface area contributed by atoms with Crippen LogP contribution in [0.2, 0.25) is 0 Å². The summed E-state index contributed by atoms with van der Waals surface area (Å²) >= 11 is 0. The van der Waals surface area contributed by atoms with E-state index < -0.39 is 11.8 Å². The largest absolute Gasteiger partial charge is 0.353 e. The van der Waals surface area contributed by atoms with Crippen molar-refractivity contribution in [2.75, 3.05) is 26.7 Å². The van der Waals surface area contributed by atoms with Gasteiger partial charge < -0.3 is 14.5 Å². The standard InChI is InChI=1S/C26H31N3O4/c1-3-23(30)28-16-14-26(15-17-28)29(24(31)21-12-8-5-9-13-21)22(19-33-26)25(32)27(2)18-20-10-6-4-7-11-20/h4-13,22H,3,14-19H2,1-2H3. The molecule has 1 spiro atoms. The van der Waals surface area contributed by atoms with E-state index in [4.69, 9.17) is 4.74 Å². The van der Waals surface area contributed by atoms with Gasteiger partial charge >= 0.3 is 0 Å². The van der Waals surface area contributed by atoms with Gasteiger partial charge in [-0.25, -0.2) is 0 Å². The summed E-state index contributed by atoms with van der Waals surface area (Å²) in [6.45, 7) is 3.47. The third kappa shape index (κ3) is 4.64. The van der Waals surface area contributed by atoms with Crippen molar-refractivity contribution in [1.29, 1.82) is 0 Å². The van der Waals surface area contributed by atoms with Gasteiger partial charge in [-0.3, -0.25) is 19.3 Å². The first kappa shape index (κ1) is 23.0. The highest BCUT2D eigenvalue weighted by atomic mass is 16.5. The Kier molecular flexibility index (Phi) is 6.79. The molecule has 2 aliphatic rings. The van der Waals surface area contributed by atoms with Gasteiger partial charge in [0.1, 0.15) is 11.8 Å². The van der Waals surface area contributed by atoms with Gasteiger partial charge in [0.15, 0.2) is 0 Å². The monoisotopic (exact) mass is 449 g/mol. The molecule has 0 N–H and O–H groups in total. The van der Waals surface area contributed by atoms with Crippen molar-refractivity contribution in [1.82, 2.24) is 14.7 Å². The maximum atomic E-state index is 13.7. The molecule has 7 nitrogen and oxygen atoms in total. The number of ether oxygens (including phenoxy) is 1. The van der Waals surface area contributed by atoms with Crippen LogP contribution in [0.1, 0.15) is 42.1 Å². The molecular formula is C26H31N3O4. The van der Waals surface area contributed by atoms with Crippen LogP contribution in [0.3, 0.4) is 0 Å². The van der Waals surface area contributed by atoms with Crippen LogP contribution in [0, 0.1) is 0 Å². The minimum Gasteiger partial charge on any atom is -0.353 e. The Labute approximate surface area is 194 Å². The van der Waals surface area contributed by atoms with Crippen molar-refractivity contribution in [2.45, 2.75) is 44.5 Å². The van der Waals surface area contributed by atoms with Crippen LogP contribution in [0.25, 0.3) is 0 Å². The van der Waals surface area contributed by atoms with Crippen LogP contribution in [-0.4, -0.2) is 70.9 Å². The first-order valence-corrected chi connectivity index (χ1v) is 11.5. The van der Waals surface area contributed by atoms with E-state index in [1.54, 1.807) is 29.0 Å².